The molecule has 0 atom stereocenters. The minimum Gasteiger partial charge on any atom is -0.242 e. The molecule has 0 aromatic heterocycles. The van der Waals surface area contributed by atoms with Crippen molar-refractivity contribution >= 4 is 5.97 Å². The Morgan fingerprint density at radius 1 is 1.13 bits per heavy atom. The number of unbranched alkanes of at least 4 members (excludes halogenated alkanes) is 2. The van der Waals surface area contributed by atoms with Crippen LogP contribution in [-0.4, -0.2) is 5.97 Å². The number of rotatable bonds is 6. The molecule has 1 rings (SSSR count). The first-order chi connectivity index (χ1) is 7.29. The van der Waals surface area contributed by atoms with E-state index in [9.17, 15) is 9.90 Å². The summed E-state index contributed by atoms with van der Waals surface area (Å²) in [4.78, 5) is 10.1. The van der Waals surface area contributed by atoms with Crippen LogP contribution in [0.1, 0.15) is 24.8 Å². The normalized spacial score (nSPS) is 10.7. The molecule has 0 saturated heterocycles. The van der Waals surface area contributed by atoms with Crippen LogP contribution in [0, 0.1) is 0 Å². The Morgan fingerprint density at radius 3 is 2.53 bits per heavy atom. The highest BCUT2D eigenvalue weighted by Crippen LogP contribution is 2.06. The van der Waals surface area contributed by atoms with Crippen LogP contribution in [0.25, 0.3) is 0 Å². The van der Waals surface area contributed by atoms with Crippen molar-refractivity contribution in [2.75, 3.05) is 0 Å². The number of aryl methyl sites for hydroxylation is 1. The fraction of sp³-hybridized carbons (Fsp3) is 0.308. The predicted molar refractivity (Wildman–Crippen MR) is 58.8 cm³/mol. The molecule has 0 aliphatic rings. The average molecular weight is 203 g/mol. The maximum absolute atomic E-state index is 10.1. The van der Waals surface area contributed by atoms with Gasteiger partial charge in [0.25, 0.3) is 0 Å². The summed E-state index contributed by atoms with van der Waals surface area (Å²) >= 11 is 0. The SMILES string of the molecule is [O]C(=O)C=CCCCCc1ccccc1. The standard InChI is InChI=1S/C13H15O2/c14-13(15)11-7-2-1-4-8-12-9-5-3-6-10-12/h3,5-7,9-11H,1-2,4,8H2. The Kier molecular flexibility index (Phi) is 5.23. The van der Waals surface area contributed by atoms with Crippen molar-refractivity contribution < 1.29 is 9.90 Å². The van der Waals surface area contributed by atoms with Crippen molar-refractivity contribution in [3.63, 3.8) is 0 Å². The molecule has 0 unspecified atom stereocenters. The zero-order valence-electron chi connectivity index (χ0n) is 8.69. The minimum atomic E-state index is -1.11. The fourth-order valence-corrected chi connectivity index (χ4v) is 1.42. The van der Waals surface area contributed by atoms with Crippen LogP contribution in [0.2, 0.25) is 0 Å². The summed E-state index contributed by atoms with van der Waals surface area (Å²) in [5, 5.41) is 10.1. The Bertz CT molecular complexity index is 315. The molecule has 0 aliphatic carbocycles. The smallest absolute Gasteiger partial charge is 0.242 e. The Hall–Kier alpha value is -1.57. The Morgan fingerprint density at radius 2 is 1.87 bits per heavy atom. The van der Waals surface area contributed by atoms with E-state index in [4.69, 9.17) is 0 Å². The van der Waals surface area contributed by atoms with E-state index in [-0.39, 0.29) is 0 Å². The monoisotopic (exact) mass is 203 g/mol. The van der Waals surface area contributed by atoms with Gasteiger partial charge in [0, 0.05) is 6.08 Å². The molecule has 15 heavy (non-hydrogen) atoms. The van der Waals surface area contributed by atoms with Crippen LogP contribution in [0.5, 0.6) is 0 Å². The molecule has 1 aromatic rings. The van der Waals surface area contributed by atoms with E-state index < -0.39 is 5.97 Å². The molecular weight excluding hydrogens is 188 g/mol. The van der Waals surface area contributed by atoms with Crippen LogP contribution < -0.4 is 0 Å². The van der Waals surface area contributed by atoms with Gasteiger partial charge in [-0.05, 0) is 31.2 Å². The van der Waals surface area contributed by atoms with Gasteiger partial charge in [-0.1, -0.05) is 36.4 Å². The molecule has 0 amide bonds. The van der Waals surface area contributed by atoms with Gasteiger partial charge < -0.3 is 0 Å². The highest BCUT2D eigenvalue weighted by atomic mass is 16.4. The van der Waals surface area contributed by atoms with Gasteiger partial charge in [0.15, 0.2) is 0 Å². The molecule has 0 aliphatic heterocycles. The van der Waals surface area contributed by atoms with Crippen LogP contribution in [0.3, 0.4) is 0 Å². The van der Waals surface area contributed by atoms with E-state index in [0.29, 0.717) is 0 Å². The van der Waals surface area contributed by atoms with Crippen LogP contribution in [-0.2, 0) is 16.3 Å². The lowest BCUT2D eigenvalue weighted by atomic mass is 10.1. The van der Waals surface area contributed by atoms with Crippen molar-refractivity contribution in [2.45, 2.75) is 25.7 Å². The maximum Gasteiger partial charge on any atom is 0.378 e. The fourth-order valence-electron chi connectivity index (χ4n) is 1.42. The van der Waals surface area contributed by atoms with Crippen molar-refractivity contribution in [1.29, 1.82) is 0 Å². The van der Waals surface area contributed by atoms with Gasteiger partial charge in [-0.25, -0.2) is 9.90 Å². The average Bonchev–Trinajstić information content (AvgIpc) is 2.24. The molecule has 79 valence electrons. The number of hydrogen-bond donors (Lipinski definition) is 0. The lowest BCUT2D eigenvalue weighted by Gasteiger charge is -1.98. The summed E-state index contributed by atoms with van der Waals surface area (Å²) in [6.45, 7) is 0. The second-order valence-electron chi connectivity index (χ2n) is 3.45. The van der Waals surface area contributed by atoms with Gasteiger partial charge in [0.1, 0.15) is 0 Å². The predicted octanol–water partition coefficient (Wildman–Crippen LogP) is 2.91. The first-order valence-electron chi connectivity index (χ1n) is 5.20. The summed E-state index contributed by atoms with van der Waals surface area (Å²) in [7, 11) is 0. The lowest BCUT2D eigenvalue weighted by Crippen LogP contribution is -1.85. The largest absolute Gasteiger partial charge is 0.378 e. The first kappa shape index (κ1) is 11.5. The van der Waals surface area contributed by atoms with Crippen molar-refractivity contribution in [3.8, 4) is 0 Å². The number of hydrogen-bond acceptors (Lipinski definition) is 1. The number of benzene rings is 1. The van der Waals surface area contributed by atoms with Gasteiger partial charge >= 0.3 is 5.97 Å². The molecule has 0 spiro atoms. The zero-order valence-corrected chi connectivity index (χ0v) is 8.69. The molecule has 1 aromatic carbocycles. The van der Waals surface area contributed by atoms with Crippen LogP contribution >= 0.6 is 0 Å². The molecule has 0 saturated carbocycles. The Labute approximate surface area is 90.3 Å². The van der Waals surface area contributed by atoms with Gasteiger partial charge in [0.2, 0.25) is 0 Å². The van der Waals surface area contributed by atoms with E-state index >= 15 is 0 Å². The van der Waals surface area contributed by atoms with Crippen LogP contribution in [0.4, 0.5) is 0 Å². The highest BCUT2D eigenvalue weighted by molar-refractivity contribution is 5.79. The van der Waals surface area contributed by atoms with Gasteiger partial charge in [-0.15, -0.1) is 0 Å². The second kappa shape index (κ2) is 6.82. The summed E-state index contributed by atoms with van der Waals surface area (Å²) in [5.74, 6) is -1.11. The molecule has 1 radical (unpaired) electrons. The van der Waals surface area contributed by atoms with E-state index in [1.807, 2.05) is 18.2 Å². The molecular formula is C13H15O2. The van der Waals surface area contributed by atoms with Crippen LogP contribution in [0.15, 0.2) is 42.5 Å². The maximum atomic E-state index is 10.1. The van der Waals surface area contributed by atoms with Crippen molar-refractivity contribution in [3.05, 3.63) is 48.0 Å². The Balaban J connectivity index is 2.10. The molecule has 0 fully saturated rings. The van der Waals surface area contributed by atoms with Gasteiger partial charge in [-0.3, -0.25) is 0 Å². The third-order valence-corrected chi connectivity index (χ3v) is 2.18. The molecule has 2 nitrogen and oxygen atoms in total. The second-order valence-corrected chi connectivity index (χ2v) is 3.45. The molecule has 2 heteroatoms. The third kappa shape index (κ3) is 5.68. The third-order valence-electron chi connectivity index (χ3n) is 2.18. The lowest BCUT2D eigenvalue weighted by molar-refractivity contribution is -0.137. The summed E-state index contributed by atoms with van der Waals surface area (Å²) in [6, 6.07) is 10.3. The molecule has 0 N–H and O–H groups in total. The zero-order chi connectivity index (χ0) is 10.9. The summed E-state index contributed by atoms with van der Waals surface area (Å²) < 4.78 is 0. The minimum absolute atomic E-state index is 0.806. The van der Waals surface area contributed by atoms with Crippen molar-refractivity contribution in [2.24, 2.45) is 0 Å². The number of carbonyl (C=O) groups is 1. The van der Waals surface area contributed by atoms with Gasteiger partial charge in [-0.2, -0.15) is 0 Å². The number of allylic oxidation sites excluding steroid dienone is 1. The van der Waals surface area contributed by atoms with E-state index in [0.717, 1.165) is 31.8 Å². The highest BCUT2D eigenvalue weighted by Gasteiger charge is 1.92. The molecule has 0 bridgehead atoms. The van der Waals surface area contributed by atoms with Gasteiger partial charge in [0.05, 0.1) is 0 Å². The van der Waals surface area contributed by atoms with Crippen molar-refractivity contribution in [1.82, 2.24) is 0 Å². The molecule has 0 heterocycles. The topological polar surface area (TPSA) is 37.0 Å². The number of carbonyl (C=O) groups excluding carboxylic acids is 1. The first-order valence-corrected chi connectivity index (χ1v) is 5.20. The quantitative estimate of drug-likeness (QED) is 0.517. The van der Waals surface area contributed by atoms with E-state index in [2.05, 4.69) is 12.1 Å². The summed E-state index contributed by atoms with van der Waals surface area (Å²) in [6.07, 6.45) is 6.71. The van der Waals surface area contributed by atoms with E-state index in [1.54, 1.807) is 6.08 Å². The van der Waals surface area contributed by atoms with E-state index in [1.165, 1.54) is 5.56 Å². The summed E-state index contributed by atoms with van der Waals surface area (Å²) in [5.41, 5.74) is 1.33.